The first kappa shape index (κ1) is 15.5. The maximum absolute atomic E-state index is 11.3. The molecule has 1 rings (SSSR count). The first-order valence-corrected chi connectivity index (χ1v) is 7.15. The highest BCUT2D eigenvalue weighted by atomic mass is 16.1. The van der Waals surface area contributed by atoms with Crippen molar-refractivity contribution in [2.75, 3.05) is 6.54 Å². The summed E-state index contributed by atoms with van der Waals surface area (Å²) in [4.78, 5) is 13.4. The predicted molar refractivity (Wildman–Crippen MR) is 76.5 cm³/mol. The van der Waals surface area contributed by atoms with E-state index in [9.17, 15) is 4.79 Å². The normalized spacial score (nSPS) is 23.1. The number of hydrogen-bond donors (Lipinski definition) is 1. The second-order valence-electron chi connectivity index (χ2n) is 7.48. The number of nitrogens with zero attached hydrogens (tertiary/aromatic N) is 1. The smallest absolute Gasteiger partial charge is 0.209 e. The van der Waals surface area contributed by atoms with Crippen molar-refractivity contribution in [2.45, 2.75) is 77.9 Å². The average Bonchev–Trinajstić information content (AvgIpc) is 2.12. The van der Waals surface area contributed by atoms with Gasteiger partial charge in [0.15, 0.2) is 0 Å². The molecular formula is C15H30N2O. The van der Waals surface area contributed by atoms with Gasteiger partial charge in [-0.05, 0) is 52.9 Å². The zero-order chi connectivity index (χ0) is 14.0. The van der Waals surface area contributed by atoms with Crippen LogP contribution in [0.1, 0.15) is 60.8 Å². The van der Waals surface area contributed by atoms with E-state index in [2.05, 4.69) is 46.9 Å². The van der Waals surface area contributed by atoms with E-state index in [1.165, 1.54) is 0 Å². The summed E-state index contributed by atoms with van der Waals surface area (Å²) in [5.74, 6) is 0.648. The minimum atomic E-state index is 0.103. The number of rotatable bonds is 5. The molecule has 0 spiro atoms. The van der Waals surface area contributed by atoms with Crippen LogP contribution in [0.2, 0.25) is 0 Å². The lowest BCUT2D eigenvalue weighted by Crippen LogP contribution is -2.62. The molecule has 1 saturated heterocycles. The third-order valence-corrected chi connectivity index (χ3v) is 3.74. The quantitative estimate of drug-likeness (QED) is 0.765. The van der Waals surface area contributed by atoms with Gasteiger partial charge < -0.3 is 10.2 Å². The fourth-order valence-corrected chi connectivity index (χ4v) is 3.23. The Morgan fingerprint density at radius 2 is 1.72 bits per heavy atom. The maximum atomic E-state index is 11.3. The number of carbonyl (C=O) groups is 1. The van der Waals surface area contributed by atoms with E-state index in [0.29, 0.717) is 12.0 Å². The fraction of sp³-hybridized carbons (Fsp3) is 0.933. The Balaban J connectivity index is 2.70. The van der Waals surface area contributed by atoms with Gasteiger partial charge in [0, 0.05) is 23.7 Å². The van der Waals surface area contributed by atoms with Gasteiger partial charge in [0.25, 0.3) is 0 Å². The Hall–Kier alpha value is -0.570. The SMILES string of the molecule is CC(C)CCN(C=O)C1CC(C)(C)NC(C)(C)C1. The maximum Gasteiger partial charge on any atom is 0.209 e. The van der Waals surface area contributed by atoms with E-state index in [-0.39, 0.29) is 11.1 Å². The van der Waals surface area contributed by atoms with Crippen molar-refractivity contribution >= 4 is 6.41 Å². The largest absolute Gasteiger partial charge is 0.342 e. The zero-order valence-corrected chi connectivity index (χ0v) is 12.9. The summed E-state index contributed by atoms with van der Waals surface area (Å²) < 4.78 is 0. The van der Waals surface area contributed by atoms with E-state index in [1.54, 1.807) is 0 Å². The molecule has 106 valence electrons. The molecule has 1 aliphatic rings. The number of hydrogen-bond acceptors (Lipinski definition) is 2. The van der Waals surface area contributed by atoms with Crippen LogP contribution in [0.4, 0.5) is 0 Å². The van der Waals surface area contributed by atoms with E-state index in [1.807, 2.05) is 4.90 Å². The van der Waals surface area contributed by atoms with E-state index in [0.717, 1.165) is 32.2 Å². The third-order valence-electron chi connectivity index (χ3n) is 3.74. The van der Waals surface area contributed by atoms with Gasteiger partial charge in [-0.1, -0.05) is 13.8 Å². The Labute approximate surface area is 112 Å². The molecule has 3 nitrogen and oxygen atoms in total. The van der Waals surface area contributed by atoms with Crippen LogP contribution in [0.3, 0.4) is 0 Å². The lowest BCUT2D eigenvalue weighted by molar-refractivity contribution is -0.122. The summed E-state index contributed by atoms with van der Waals surface area (Å²) in [6, 6.07) is 0.368. The average molecular weight is 254 g/mol. The van der Waals surface area contributed by atoms with Gasteiger partial charge in [0.2, 0.25) is 6.41 Å². The summed E-state index contributed by atoms with van der Waals surface area (Å²) in [7, 11) is 0. The molecule has 0 aromatic heterocycles. The van der Waals surface area contributed by atoms with Gasteiger partial charge in [-0.15, -0.1) is 0 Å². The van der Waals surface area contributed by atoms with Gasteiger partial charge >= 0.3 is 0 Å². The van der Waals surface area contributed by atoms with Gasteiger partial charge in [-0.2, -0.15) is 0 Å². The van der Waals surface area contributed by atoms with E-state index in [4.69, 9.17) is 0 Å². The van der Waals surface area contributed by atoms with Crippen molar-refractivity contribution in [1.82, 2.24) is 10.2 Å². The van der Waals surface area contributed by atoms with Crippen molar-refractivity contribution in [3.05, 3.63) is 0 Å². The number of piperidine rings is 1. The van der Waals surface area contributed by atoms with Crippen molar-refractivity contribution < 1.29 is 4.79 Å². The molecule has 1 amide bonds. The number of carbonyl (C=O) groups excluding carboxylic acids is 1. The highest BCUT2D eigenvalue weighted by Crippen LogP contribution is 2.31. The highest BCUT2D eigenvalue weighted by molar-refractivity contribution is 5.48. The minimum absolute atomic E-state index is 0.103. The number of nitrogens with one attached hydrogen (secondary N) is 1. The van der Waals surface area contributed by atoms with Crippen molar-refractivity contribution in [3.63, 3.8) is 0 Å². The van der Waals surface area contributed by atoms with Crippen LogP contribution in [-0.2, 0) is 4.79 Å². The first-order chi connectivity index (χ1) is 8.15. The molecule has 3 heteroatoms. The number of amides is 1. The van der Waals surface area contributed by atoms with Crippen LogP contribution >= 0.6 is 0 Å². The van der Waals surface area contributed by atoms with Crippen LogP contribution < -0.4 is 5.32 Å². The molecule has 1 heterocycles. The molecule has 0 radical (unpaired) electrons. The first-order valence-electron chi connectivity index (χ1n) is 7.15. The summed E-state index contributed by atoms with van der Waals surface area (Å²) in [5.41, 5.74) is 0.205. The lowest BCUT2D eigenvalue weighted by Gasteiger charge is -2.49. The van der Waals surface area contributed by atoms with Crippen LogP contribution in [0.25, 0.3) is 0 Å². The van der Waals surface area contributed by atoms with E-state index >= 15 is 0 Å². The minimum Gasteiger partial charge on any atom is -0.342 e. The summed E-state index contributed by atoms with van der Waals surface area (Å²) in [6.45, 7) is 14.2. The second kappa shape index (κ2) is 5.60. The molecule has 1 fully saturated rings. The van der Waals surface area contributed by atoms with Crippen LogP contribution in [0.5, 0.6) is 0 Å². The molecule has 0 unspecified atom stereocenters. The van der Waals surface area contributed by atoms with Crippen molar-refractivity contribution in [1.29, 1.82) is 0 Å². The topological polar surface area (TPSA) is 32.3 Å². The van der Waals surface area contributed by atoms with Crippen molar-refractivity contribution in [2.24, 2.45) is 5.92 Å². The summed E-state index contributed by atoms with van der Waals surface area (Å²) >= 11 is 0. The monoisotopic (exact) mass is 254 g/mol. The van der Waals surface area contributed by atoms with Gasteiger partial charge in [-0.3, -0.25) is 4.79 Å². The van der Waals surface area contributed by atoms with Gasteiger partial charge in [0.05, 0.1) is 0 Å². The van der Waals surface area contributed by atoms with Crippen LogP contribution in [-0.4, -0.2) is 35.0 Å². The Bertz CT molecular complexity index is 268. The lowest BCUT2D eigenvalue weighted by atomic mass is 9.79. The predicted octanol–water partition coefficient (Wildman–Crippen LogP) is 2.80. The molecule has 0 aromatic carbocycles. The van der Waals surface area contributed by atoms with Crippen LogP contribution in [0, 0.1) is 5.92 Å². The molecule has 0 atom stereocenters. The Kier molecular flexibility index (Phi) is 4.82. The Morgan fingerprint density at radius 3 is 2.11 bits per heavy atom. The fourth-order valence-electron chi connectivity index (χ4n) is 3.23. The van der Waals surface area contributed by atoms with Gasteiger partial charge in [-0.25, -0.2) is 0 Å². The van der Waals surface area contributed by atoms with Crippen LogP contribution in [0.15, 0.2) is 0 Å². The van der Waals surface area contributed by atoms with Crippen molar-refractivity contribution in [3.8, 4) is 0 Å². The molecule has 1 aliphatic heterocycles. The summed E-state index contributed by atoms with van der Waals surface area (Å²) in [5, 5.41) is 3.66. The Morgan fingerprint density at radius 1 is 1.22 bits per heavy atom. The highest BCUT2D eigenvalue weighted by Gasteiger charge is 2.39. The molecule has 0 saturated carbocycles. The summed E-state index contributed by atoms with van der Waals surface area (Å²) in [6.07, 6.45) is 4.20. The zero-order valence-electron chi connectivity index (χ0n) is 12.9. The molecule has 18 heavy (non-hydrogen) atoms. The van der Waals surface area contributed by atoms with E-state index < -0.39 is 0 Å². The molecule has 0 bridgehead atoms. The molecule has 0 aromatic rings. The van der Waals surface area contributed by atoms with Gasteiger partial charge in [0.1, 0.15) is 0 Å². The molecule has 1 N–H and O–H groups in total. The molecular weight excluding hydrogens is 224 g/mol. The third kappa shape index (κ3) is 4.60. The second-order valence-corrected chi connectivity index (χ2v) is 7.48. The standard InChI is InChI=1S/C15H30N2O/c1-12(2)7-8-17(11-18)13-9-14(3,4)16-15(5,6)10-13/h11-13,16H,7-10H2,1-6H3. The molecule has 0 aliphatic carbocycles.